The standard InChI is InChI=1S/C7H13NO4/c1-5(4-11-2)8-6(9)7(10)12-3/h5H,4H2,1-3H3,(H,8,9). The lowest BCUT2D eigenvalue weighted by Gasteiger charge is -2.10. The van der Waals surface area contributed by atoms with Gasteiger partial charge in [-0.25, -0.2) is 4.79 Å². The van der Waals surface area contributed by atoms with Crippen molar-refractivity contribution < 1.29 is 19.1 Å². The second kappa shape index (κ2) is 5.54. The Bertz CT molecular complexity index is 169. The normalized spacial score (nSPS) is 11.9. The smallest absolute Gasteiger partial charge is 0.396 e. The number of ether oxygens (including phenoxy) is 2. The molecule has 0 aliphatic carbocycles. The Morgan fingerprint density at radius 1 is 1.42 bits per heavy atom. The average molecular weight is 175 g/mol. The third-order valence-electron chi connectivity index (χ3n) is 1.16. The van der Waals surface area contributed by atoms with Gasteiger partial charge in [0.25, 0.3) is 0 Å². The van der Waals surface area contributed by atoms with E-state index in [1.807, 2.05) is 0 Å². The number of carbonyl (C=O) groups is 2. The first-order chi connectivity index (χ1) is 5.61. The van der Waals surface area contributed by atoms with Gasteiger partial charge in [-0.1, -0.05) is 0 Å². The maximum atomic E-state index is 10.8. The van der Waals surface area contributed by atoms with Crippen LogP contribution in [0.5, 0.6) is 0 Å². The summed E-state index contributed by atoms with van der Waals surface area (Å²) in [4.78, 5) is 21.4. The van der Waals surface area contributed by atoms with Gasteiger partial charge in [0.05, 0.1) is 13.7 Å². The molecular weight excluding hydrogens is 162 g/mol. The van der Waals surface area contributed by atoms with Gasteiger partial charge >= 0.3 is 11.9 Å². The van der Waals surface area contributed by atoms with Gasteiger partial charge in [0.15, 0.2) is 0 Å². The highest BCUT2D eigenvalue weighted by atomic mass is 16.5. The van der Waals surface area contributed by atoms with Crippen LogP contribution in [0.3, 0.4) is 0 Å². The summed E-state index contributed by atoms with van der Waals surface area (Å²) in [7, 11) is 2.67. The summed E-state index contributed by atoms with van der Waals surface area (Å²) in [6, 6.07) is -0.193. The molecule has 1 amide bonds. The lowest BCUT2D eigenvalue weighted by molar-refractivity contribution is -0.153. The largest absolute Gasteiger partial charge is 0.462 e. The predicted molar refractivity (Wildman–Crippen MR) is 41.5 cm³/mol. The predicted octanol–water partition coefficient (Wildman–Crippen LogP) is -0.690. The number of nitrogens with one attached hydrogen (secondary N) is 1. The molecule has 0 saturated carbocycles. The van der Waals surface area contributed by atoms with Crippen molar-refractivity contribution in [1.82, 2.24) is 5.32 Å². The third kappa shape index (κ3) is 3.92. The fourth-order valence-electron chi connectivity index (χ4n) is 0.667. The Hall–Kier alpha value is -1.10. The minimum atomic E-state index is -0.891. The van der Waals surface area contributed by atoms with Crippen LogP contribution in [0, 0.1) is 0 Å². The molecule has 0 aromatic rings. The van der Waals surface area contributed by atoms with Gasteiger partial charge in [0.2, 0.25) is 0 Å². The molecule has 0 heterocycles. The zero-order valence-electron chi connectivity index (χ0n) is 7.42. The molecule has 0 saturated heterocycles. The number of amides is 1. The van der Waals surface area contributed by atoms with Crippen LogP contribution in [0.25, 0.3) is 0 Å². The Labute approximate surface area is 71.0 Å². The molecule has 0 spiro atoms. The maximum absolute atomic E-state index is 10.8. The van der Waals surface area contributed by atoms with Gasteiger partial charge in [-0.2, -0.15) is 0 Å². The number of esters is 1. The van der Waals surface area contributed by atoms with Crippen LogP contribution in [-0.2, 0) is 19.1 Å². The van der Waals surface area contributed by atoms with Crippen molar-refractivity contribution in [2.45, 2.75) is 13.0 Å². The van der Waals surface area contributed by atoms with E-state index in [1.165, 1.54) is 7.11 Å². The molecule has 5 nitrogen and oxygen atoms in total. The van der Waals surface area contributed by atoms with Gasteiger partial charge in [-0.05, 0) is 6.92 Å². The lowest BCUT2D eigenvalue weighted by Crippen LogP contribution is -2.40. The summed E-state index contributed by atoms with van der Waals surface area (Å²) < 4.78 is 8.95. The van der Waals surface area contributed by atoms with Gasteiger partial charge < -0.3 is 14.8 Å². The van der Waals surface area contributed by atoms with Gasteiger partial charge in [-0.3, -0.25) is 4.79 Å². The molecule has 0 aromatic carbocycles. The molecule has 70 valence electrons. The fraction of sp³-hybridized carbons (Fsp3) is 0.714. The van der Waals surface area contributed by atoms with Crippen LogP contribution in [0.1, 0.15) is 6.92 Å². The monoisotopic (exact) mass is 175 g/mol. The zero-order chi connectivity index (χ0) is 9.56. The van der Waals surface area contributed by atoms with Crippen LogP contribution in [-0.4, -0.2) is 38.7 Å². The Kier molecular flexibility index (Phi) is 5.03. The summed E-state index contributed by atoms with van der Waals surface area (Å²) in [6.07, 6.45) is 0. The van der Waals surface area contributed by atoms with E-state index in [1.54, 1.807) is 6.92 Å². The number of rotatable bonds is 3. The molecule has 5 heteroatoms. The van der Waals surface area contributed by atoms with Crippen molar-refractivity contribution in [3.8, 4) is 0 Å². The highest BCUT2D eigenvalue weighted by Gasteiger charge is 2.15. The van der Waals surface area contributed by atoms with E-state index < -0.39 is 11.9 Å². The summed E-state index contributed by atoms with van der Waals surface area (Å²) in [5.41, 5.74) is 0. The second-order valence-electron chi connectivity index (χ2n) is 2.32. The Morgan fingerprint density at radius 3 is 2.42 bits per heavy atom. The number of carbonyl (C=O) groups excluding carboxylic acids is 2. The first kappa shape index (κ1) is 10.9. The van der Waals surface area contributed by atoms with E-state index in [-0.39, 0.29) is 6.04 Å². The average Bonchev–Trinajstić information content (AvgIpc) is 2.03. The Balaban J connectivity index is 3.76. The maximum Gasteiger partial charge on any atom is 0.396 e. The highest BCUT2D eigenvalue weighted by Crippen LogP contribution is 1.83. The quantitative estimate of drug-likeness (QED) is 0.455. The van der Waals surface area contributed by atoms with Crippen molar-refractivity contribution >= 4 is 11.9 Å². The molecule has 1 atom stereocenters. The second-order valence-corrected chi connectivity index (χ2v) is 2.32. The van der Waals surface area contributed by atoms with Gasteiger partial charge in [0, 0.05) is 13.2 Å². The van der Waals surface area contributed by atoms with Crippen LogP contribution in [0.4, 0.5) is 0 Å². The summed E-state index contributed by atoms with van der Waals surface area (Å²) in [5.74, 6) is -1.64. The summed E-state index contributed by atoms with van der Waals surface area (Å²) >= 11 is 0. The molecule has 0 fully saturated rings. The van der Waals surface area contributed by atoms with E-state index >= 15 is 0 Å². The molecule has 1 unspecified atom stereocenters. The molecule has 0 aliphatic heterocycles. The van der Waals surface area contributed by atoms with Crippen LogP contribution < -0.4 is 5.32 Å². The van der Waals surface area contributed by atoms with Crippen molar-refractivity contribution in [2.24, 2.45) is 0 Å². The SMILES string of the molecule is COCC(C)NC(=O)C(=O)OC. The van der Waals surface area contributed by atoms with Crippen LogP contribution in [0.2, 0.25) is 0 Å². The van der Waals surface area contributed by atoms with Gasteiger partial charge in [0.1, 0.15) is 0 Å². The molecule has 1 N–H and O–H groups in total. The molecule has 12 heavy (non-hydrogen) atoms. The molecular formula is C7H13NO4. The molecule has 0 rings (SSSR count). The minimum Gasteiger partial charge on any atom is -0.462 e. The van der Waals surface area contributed by atoms with E-state index in [4.69, 9.17) is 4.74 Å². The molecule has 0 bridgehead atoms. The zero-order valence-corrected chi connectivity index (χ0v) is 7.42. The minimum absolute atomic E-state index is 0.193. The van der Waals surface area contributed by atoms with E-state index in [2.05, 4.69) is 10.1 Å². The first-order valence-corrected chi connectivity index (χ1v) is 3.49. The van der Waals surface area contributed by atoms with Crippen LogP contribution >= 0.6 is 0 Å². The third-order valence-corrected chi connectivity index (χ3v) is 1.16. The van der Waals surface area contributed by atoms with Crippen molar-refractivity contribution in [3.05, 3.63) is 0 Å². The summed E-state index contributed by atoms with van der Waals surface area (Å²) in [5, 5.41) is 2.39. The van der Waals surface area contributed by atoms with E-state index in [9.17, 15) is 9.59 Å². The van der Waals surface area contributed by atoms with E-state index in [0.29, 0.717) is 6.61 Å². The lowest BCUT2D eigenvalue weighted by atomic mass is 10.3. The van der Waals surface area contributed by atoms with Crippen molar-refractivity contribution in [3.63, 3.8) is 0 Å². The number of hydrogen-bond donors (Lipinski definition) is 1. The molecule has 0 aromatic heterocycles. The van der Waals surface area contributed by atoms with Crippen molar-refractivity contribution in [2.75, 3.05) is 20.8 Å². The topological polar surface area (TPSA) is 64.6 Å². The first-order valence-electron chi connectivity index (χ1n) is 3.49. The number of methoxy groups -OCH3 is 2. The van der Waals surface area contributed by atoms with Gasteiger partial charge in [-0.15, -0.1) is 0 Å². The summed E-state index contributed by atoms with van der Waals surface area (Å²) in [6.45, 7) is 2.09. The molecule has 0 radical (unpaired) electrons. The Morgan fingerprint density at radius 2 is 2.00 bits per heavy atom. The fourth-order valence-corrected chi connectivity index (χ4v) is 0.667. The highest BCUT2D eigenvalue weighted by molar-refractivity contribution is 6.32. The number of hydrogen-bond acceptors (Lipinski definition) is 4. The van der Waals surface area contributed by atoms with E-state index in [0.717, 1.165) is 7.11 Å². The van der Waals surface area contributed by atoms with Crippen molar-refractivity contribution in [1.29, 1.82) is 0 Å². The molecule has 0 aliphatic rings. The van der Waals surface area contributed by atoms with Crippen LogP contribution in [0.15, 0.2) is 0 Å².